The fraction of sp³-hybridized carbons (Fsp3) is 0.364. The molecule has 100 valence electrons. The molecule has 0 aromatic heterocycles. The first-order valence-electron chi connectivity index (χ1n) is 5.24. The summed E-state index contributed by atoms with van der Waals surface area (Å²) in [6, 6.07) is 5.44. The molecule has 0 saturated heterocycles. The van der Waals surface area contributed by atoms with Gasteiger partial charge in [-0.25, -0.2) is 13.1 Å². The van der Waals surface area contributed by atoms with Crippen molar-refractivity contribution < 1.29 is 23.1 Å². The lowest BCUT2D eigenvalue weighted by atomic mass is 10.3. The van der Waals surface area contributed by atoms with Crippen LogP contribution in [0.4, 0.5) is 0 Å². The summed E-state index contributed by atoms with van der Waals surface area (Å²) in [6.45, 7) is 1.49. The first kappa shape index (κ1) is 14.5. The van der Waals surface area contributed by atoms with Gasteiger partial charge in [0.25, 0.3) is 0 Å². The van der Waals surface area contributed by atoms with Crippen molar-refractivity contribution in [2.24, 2.45) is 0 Å². The largest absolute Gasteiger partial charge is 0.495 e. The molecule has 0 heterocycles. The minimum absolute atomic E-state index is 0.00950. The number of para-hydroxylation sites is 1. The minimum atomic E-state index is -3.79. The molecule has 0 fully saturated rings. The van der Waals surface area contributed by atoms with Crippen LogP contribution >= 0.6 is 0 Å². The first-order valence-corrected chi connectivity index (χ1v) is 6.72. The molecular weight excluding hydrogens is 258 g/mol. The predicted molar refractivity (Wildman–Crippen MR) is 65.0 cm³/mol. The maximum atomic E-state index is 12.0. The molecular formula is C11H15NO5S. The van der Waals surface area contributed by atoms with Crippen molar-refractivity contribution in [3.05, 3.63) is 24.3 Å². The molecule has 2 N–H and O–H groups in total. The van der Waals surface area contributed by atoms with Crippen LogP contribution in [-0.2, 0) is 14.8 Å². The summed E-state index contributed by atoms with van der Waals surface area (Å²) in [4.78, 5) is 10.5. The molecule has 0 aliphatic rings. The lowest BCUT2D eigenvalue weighted by molar-refractivity contribution is -0.137. The van der Waals surface area contributed by atoms with Gasteiger partial charge in [-0.1, -0.05) is 12.1 Å². The zero-order chi connectivity index (χ0) is 13.8. The van der Waals surface area contributed by atoms with Gasteiger partial charge in [0.05, 0.1) is 13.5 Å². The molecule has 0 bridgehead atoms. The Morgan fingerprint density at radius 2 is 2.06 bits per heavy atom. The number of ether oxygens (including phenoxy) is 1. The lowest BCUT2D eigenvalue weighted by Gasteiger charge is -2.14. The minimum Gasteiger partial charge on any atom is -0.495 e. The van der Waals surface area contributed by atoms with Crippen LogP contribution in [0, 0.1) is 0 Å². The Morgan fingerprint density at radius 1 is 1.44 bits per heavy atom. The van der Waals surface area contributed by atoms with Gasteiger partial charge >= 0.3 is 5.97 Å². The van der Waals surface area contributed by atoms with E-state index < -0.39 is 22.0 Å². The zero-order valence-electron chi connectivity index (χ0n) is 10.1. The number of sulfonamides is 1. The smallest absolute Gasteiger partial charge is 0.304 e. The summed E-state index contributed by atoms with van der Waals surface area (Å²) in [6.07, 6.45) is -0.283. The van der Waals surface area contributed by atoms with E-state index in [1.54, 1.807) is 12.1 Å². The number of carboxylic acids is 1. The molecule has 1 rings (SSSR count). The van der Waals surface area contributed by atoms with Crippen molar-refractivity contribution in [1.82, 2.24) is 4.72 Å². The standard InChI is InChI=1S/C11H15NO5S/c1-8(7-11(13)14)12-18(15,16)10-6-4-3-5-9(10)17-2/h3-6,8,12H,7H2,1-2H3,(H,13,14). The first-order chi connectivity index (χ1) is 8.36. The highest BCUT2D eigenvalue weighted by atomic mass is 32.2. The Hall–Kier alpha value is -1.60. The van der Waals surface area contributed by atoms with Crippen LogP contribution in [0.3, 0.4) is 0 Å². The second kappa shape index (κ2) is 5.83. The predicted octanol–water partition coefficient (Wildman–Crippen LogP) is 0.837. The normalized spacial score (nSPS) is 13.0. The number of hydrogen-bond donors (Lipinski definition) is 2. The Morgan fingerprint density at radius 3 is 2.61 bits per heavy atom. The molecule has 0 aliphatic carbocycles. The van der Waals surface area contributed by atoms with Gasteiger partial charge in [-0.3, -0.25) is 4.79 Å². The van der Waals surface area contributed by atoms with E-state index in [4.69, 9.17) is 9.84 Å². The SMILES string of the molecule is COc1ccccc1S(=O)(=O)NC(C)CC(=O)O. The third-order valence-corrected chi connectivity index (χ3v) is 3.82. The summed E-state index contributed by atoms with van der Waals surface area (Å²) in [5.41, 5.74) is 0. The van der Waals surface area contributed by atoms with Crippen molar-refractivity contribution in [2.75, 3.05) is 7.11 Å². The third kappa shape index (κ3) is 3.71. The molecule has 0 amide bonds. The number of nitrogens with one attached hydrogen (secondary N) is 1. The Bertz CT molecular complexity index is 526. The molecule has 18 heavy (non-hydrogen) atoms. The fourth-order valence-corrected chi connectivity index (χ4v) is 2.89. The summed E-state index contributed by atoms with van der Waals surface area (Å²) in [5.74, 6) is -0.849. The molecule has 1 unspecified atom stereocenters. The topological polar surface area (TPSA) is 92.7 Å². The van der Waals surface area contributed by atoms with Crippen LogP contribution < -0.4 is 9.46 Å². The van der Waals surface area contributed by atoms with Crippen LogP contribution in [0.2, 0.25) is 0 Å². The average Bonchev–Trinajstić information content (AvgIpc) is 2.27. The molecule has 6 nitrogen and oxygen atoms in total. The summed E-state index contributed by atoms with van der Waals surface area (Å²) < 4.78 is 31.3. The molecule has 1 aromatic carbocycles. The van der Waals surface area contributed by atoms with E-state index in [0.717, 1.165) is 0 Å². The van der Waals surface area contributed by atoms with Crippen molar-refractivity contribution in [2.45, 2.75) is 24.3 Å². The molecule has 7 heteroatoms. The quantitative estimate of drug-likeness (QED) is 0.801. The second-order valence-electron chi connectivity index (χ2n) is 3.77. The molecule has 1 atom stereocenters. The van der Waals surface area contributed by atoms with E-state index in [2.05, 4.69) is 4.72 Å². The molecule has 0 aliphatic heterocycles. The van der Waals surface area contributed by atoms with Crippen LogP contribution in [0.5, 0.6) is 5.75 Å². The fourth-order valence-electron chi connectivity index (χ4n) is 1.47. The van der Waals surface area contributed by atoms with E-state index in [-0.39, 0.29) is 17.1 Å². The van der Waals surface area contributed by atoms with E-state index in [0.29, 0.717) is 0 Å². The number of rotatable bonds is 6. The van der Waals surface area contributed by atoms with Gasteiger partial charge in [-0.05, 0) is 19.1 Å². The summed E-state index contributed by atoms with van der Waals surface area (Å²) >= 11 is 0. The summed E-state index contributed by atoms with van der Waals surface area (Å²) in [5, 5.41) is 8.59. The maximum absolute atomic E-state index is 12.0. The van der Waals surface area contributed by atoms with Crippen LogP contribution in [0.15, 0.2) is 29.2 Å². The van der Waals surface area contributed by atoms with Gasteiger partial charge in [0.15, 0.2) is 0 Å². The van der Waals surface area contributed by atoms with Crippen molar-refractivity contribution >= 4 is 16.0 Å². The molecule has 0 spiro atoms. The van der Waals surface area contributed by atoms with E-state index in [1.165, 1.54) is 26.2 Å². The average molecular weight is 273 g/mol. The summed E-state index contributed by atoms with van der Waals surface area (Å²) in [7, 11) is -2.42. The number of aliphatic carboxylic acids is 1. The highest BCUT2D eigenvalue weighted by molar-refractivity contribution is 7.89. The van der Waals surface area contributed by atoms with Crippen molar-refractivity contribution in [3.8, 4) is 5.75 Å². The van der Waals surface area contributed by atoms with E-state index in [1.807, 2.05) is 0 Å². The van der Waals surface area contributed by atoms with Crippen molar-refractivity contribution in [1.29, 1.82) is 0 Å². The highest BCUT2D eigenvalue weighted by Gasteiger charge is 2.22. The van der Waals surface area contributed by atoms with Gasteiger partial charge in [-0.15, -0.1) is 0 Å². The van der Waals surface area contributed by atoms with Crippen LogP contribution in [0.1, 0.15) is 13.3 Å². The van der Waals surface area contributed by atoms with Gasteiger partial charge in [0.2, 0.25) is 10.0 Å². The number of methoxy groups -OCH3 is 1. The maximum Gasteiger partial charge on any atom is 0.304 e. The van der Waals surface area contributed by atoms with E-state index in [9.17, 15) is 13.2 Å². The van der Waals surface area contributed by atoms with Crippen LogP contribution in [-0.4, -0.2) is 32.6 Å². The van der Waals surface area contributed by atoms with Gasteiger partial charge in [0, 0.05) is 6.04 Å². The van der Waals surface area contributed by atoms with Gasteiger partial charge in [0.1, 0.15) is 10.6 Å². The third-order valence-electron chi connectivity index (χ3n) is 2.20. The number of carboxylic acid groups (broad SMARTS) is 1. The number of benzene rings is 1. The monoisotopic (exact) mass is 273 g/mol. The van der Waals surface area contributed by atoms with Gasteiger partial charge in [-0.2, -0.15) is 0 Å². The lowest BCUT2D eigenvalue weighted by Crippen LogP contribution is -2.34. The van der Waals surface area contributed by atoms with Gasteiger partial charge < -0.3 is 9.84 Å². The number of carbonyl (C=O) groups is 1. The Kier molecular flexibility index (Phi) is 4.69. The zero-order valence-corrected chi connectivity index (χ0v) is 10.9. The second-order valence-corrected chi connectivity index (χ2v) is 5.45. The van der Waals surface area contributed by atoms with Crippen LogP contribution in [0.25, 0.3) is 0 Å². The van der Waals surface area contributed by atoms with E-state index >= 15 is 0 Å². The highest BCUT2D eigenvalue weighted by Crippen LogP contribution is 2.22. The van der Waals surface area contributed by atoms with Crippen molar-refractivity contribution in [3.63, 3.8) is 0 Å². The molecule has 1 aromatic rings. The molecule has 0 radical (unpaired) electrons. The molecule has 0 saturated carbocycles. The Labute approximate surface area is 106 Å². The number of hydrogen-bond acceptors (Lipinski definition) is 4. The Balaban J connectivity index is 2.96.